The van der Waals surface area contributed by atoms with E-state index in [9.17, 15) is 4.79 Å². The van der Waals surface area contributed by atoms with Gasteiger partial charge in [0.05, 0.1) is 0 Å². The molecule has 0 aliphatic carbocycles. The average Bonchev–Trinajstić information content (AvgIpc) is 2.88. The zero-order valence-corrected chi connectivity index (χ0v) is 10.9. The molecule has 2 rings (SSSR count). The fraction of sp³-hybridized carbons (Fsp3) is 0.267. The van der Waals surface area contributed by atoms with Crippen LogP contribution in [0.2, 0.25) is 0 Å². The molecule has 2 aromatic rings. The fourth-order valence-electron chi connectivity index (χ4n) is 1.78. The number of hydrogen-bond acceptors (Lipinski definition) is 3. The van der Waals surface area contributed by atoms with Crippen molar-refractivity contribution in [1.29, 1.82) is 0 Å². The minimum Gasteiger partial charge on any atom is -0.437 e. The van der Waals surface area contributed by atoms with Crippen LogP contribution in [-0.4, -0.2) is 12.8 Å². The summed E-state index contributed by atoms with van der Waals surface area (Å²) in [5.41, 5.74) is 2.34. The van der Waals surface area contributed by atoms with Crippen molar-refractivity contribution in [3.63, 3.8) is 0 Å². The largest absolute Gasteiger partial charge is 0.437 e. The molecule has 0 spiro atoms. The molecule has 1 heterocycles. The first-order chi connectivity index (χ1) is 8.61. The summed E-state index contributed by atoms with van der Waals surface area (Å²) in [6.07, 6.45) is 1.03. The Morgan fingerprint density at radius 3 is 2.33 bits per heavy atom. The van der Waals surface area contributed by atoms with Crippen molar-refractivity contribution in [2.45, 2.75) is 20.3 Å². The number of benzene rings is 1. The monoisotopic (exact) mass is 243 g/mol. The van der Waals surface area contributed by atoms with E-state index in [0.29, 0.717) is 11.6 Å². The number of rotatable bonds is 4. The first-order valence-electron chi connectivity index (χ1n) is 6.05. The maximum absolute atomic E-state index is 11.2. The van der Waals surface area contributed by atoms with Crippen LogP contribution in [0.25, 0.3) is 0 Å². The molecule has 0 aliphatic rings. The molecule has 0 saturated carbocycles. The molecule has 0 unspecified atom stereocenters. The molecule has 3 heteroatoms. The average molecular weight is 243 g/mol. The Morgan fingerprint density at radius 2 is 1.83 bits per heavy atom. The van der Waals surface area contributed by atoms with Crippen molar-refractivity contribution in [2.24, 2.45) is 0 Å². The van der Waals surface area contributed by atoms with Gasteiger partial charge in [0.25, 0.3) is 0 Å². The van der Waals surface area contributed by atoms with Crippen LogP contribution in [-0.2, 0) is 6.42 Å². The Morgan fingerprint density at radius 1 is 1.17 bits per heavy atom. The molecule has 0 N–H and O–H groups in total. The molecule has 0 amide bonds. The zero-order chi connectivity index (χ0) is 13.1. The van der Waals surface area contributed by atoms with E-state index in [0.717, 1.165) is 12.1 Å². The molecule has 0 fully saturated rings. The van der Waals surface area contributed by atoms with Crippen LogP contribution in [0.1, 0.15) is 30.0 Å². The Labute approximate surface area is 107 Å². The van der Waals surface area contributed by atoms with E-state index in [1.54, 1.807) is 6.07 Å². The lowest BCUT2D eigenvalue weighted by Gasteiger charge is -2.16. The SMILES string of the molecule is CCc1ccc(N(C)c2ccc(C(C)=O)o2)cc1. The summed E-state index contributed by atoms with van der Waals surface area (Å²) in [7, 11) is 1.92. The maximum Gasteiger partial charge on any atom is 0.200 e. The van der Waals surface area contributed by atoms with E-state index in [2.05, 4.69) is 31.2 Å². The predicted octanol–water partition coefficient (Wildman–Crippen LogP) is 3.81. The van der Waals surface area contributed by atoms with Gasteiger partial charge in [0, 0.05) is 25.7 Å². The molecule has 0 atom stereocenters. The number of Topliss-reactive ketones (excluding diaryl/α,β-unsaturated/α-hetero) is 1. The van der Waals surface area contributed by atoms with E-state index >= 15 is 0 Å². The summed E-state index contributed by atoms with van der Waals surface area (Å²) in [4.78, 5) is 13.1. The first-order valence-corrected chi connectivity index (χ1v) is 6.05. The highest BCUT2D eigenvalue weighted by Crippen LogP contribution is 2.26. The molecular formula is C15H17NO2. The number of ketones is 1. The highest BCUT2D eigenvalue weighted by molar-refractivity contribution is 5.91. The fourth-order valence-corrected chi connectivity index (χ4v) is 1.78. The minimum absolute atomic E-state index is 0.0593. The second kappa shape index (κ2) is 5.08. The van der Waals surface area contributed by atoms with E-state index in [-0.39, 0.29) is 5.78 Å². The number of furan rings is 1. The highest BCUT2D eigenvalue weighted by atomic mass is 16.4. The Balaban J connectivity index is 2.23. The Kier molecular flexibility index (Phi) is 3.51. The molecule has 0 saturated heterocycles. The Bertz CT molecular complexity index is 540. The summed E-state index contributed by atoms with van der Waals surface area (Å²) in [6, 6.07) is 11.8. The molecule has 1 aromatic heterocycles. The van der Waals surface area contributed by atoms with E-state index < -0.39 is 0 Å². The number of nitrogens with zero attached hydrogens (tertiary/aromatic N) is 1. The Hall–Kier alpha value is -2.03. The van der Waals surface area contributed by atoms with Gasteiger partial charge in [0.15, 0.2) is 17.4 Å². The van der Waals surface area contributed by atoms with Gasteiger partial charge >= 0.3 is 0 Å². The first kappa shape index (κ1) is 12.4. The lowest BCUT2D eigenvalue weighted by molar-refractivity contribution is 0.0988. The van der Waals surface area contributed by atoms with E-state index in [1.807, 2.05) is 18.0 Å². The van der Waals surface area contributed by atoms with Crippen LogP contribution in [0, 0.1) is 0 Å². The van der Waals surface area contributed by atoms with Gasteiger partial charge in [-0.1, -0.05) is 19.1 Å². The summed E-state index contributed by atoms with van der Waals surface area (Å²) >= 11 is 0. The zero-order valence-electron chi connectivity index (χ0n) is 10.9. The summed E-state index contributed by atoms with van der Waals surface area (Å²) in [5, 5.41) is 0. The smallest absolute Gasteiger partial charge is 0.200 e. The molecule has 0 bridgehead atoms. The van der Waals surface area contributed by atoms with Crippen molar-refractivity contribution in [3.8, 4) is 0 Å². The number of hydrogen-bond donors (Lipinski definition) is 0. The van der Waals surface area contributed by atoms with E-state index in [4.69, 9.17) is 4.42 Å². The maximum atomic E-state index is 11.2. The number of anilines is 2. The predicted molar refractivity (Wildman–Crippen MR) is 72.6 cm³/mol. The second-order valence-electron chi connectivity index (χ2n) is 4.27. The van der Waals surface area contributed by atoms with Crippen molar-refractivity contribution in [1.82, 2.24) is 0 Å². The quantitative estimate of drug-likeness (QED) is 0.765. The summed E-state index contributed by atoms with van der Waals surface area (Å²) < 4.78 is 5.49. The number of carbonyl (C=O) groups is 1. The van der Waals surface area contributed by atoms with Crippen LogP contribution >= 0.6 is 0 Å². The molecule has 0 radical (unpaired) electrons. The third-order valence-corrected chi connectivity index (χ3v) is 3.00. The van der Waals surface area contributed by atoms with Crippen molar-refractivity contribution in [2.75, 3.05) is 11.9 Å². The molecule has 18 heavy (non-hydrogen) atoms. The normalized spacial score (nSPS) is 10.4. The van der Waals surface area contributed by atoms with Crippen molar-refractivity contribution >= 4 is 17.4 Å². The van der Waals surface area contributed by atoms with E-state index in [1.165, 1.54) is 12.5 Å². The van der Waals surface area contributed by atoms with Crippen LogP contribution in [0.15, 0.2) is 40.8 Å². The third-order valence-electron chi connectivity index (χ3n) is 3.00. The topological polar surface area (TPSA) is 33.5 Å². The molecule has 1 aromatic carbocycles. The molecule has 94 valence electrons. The minimum atomic E-state index is -0.0593. The summed E-state index contributed by atoms with van der Waals surface area (Å²) in [6.45, 7) is 3.63. The van der Waals surface area contributed by atoms with Gasteiger partial charge in [0.1, 0.15) is 0 Å². The van der Waals surface area contributed by atoms with Crippen molar-refractivity contribution < 1.29 is 9.21 Å². The van der Waals surface area contributed by atoms with Gasteiger partial charge in [-0.05, 0) is 30.2 Å². The van der Waals surface area contributed by atoms with Crippen LogP contribution in [0.4, 0.5) is 11.6 Å². The number of carbonyl (C=O) groups excluding carboxylic acids is 1. The van der Waals surface area contributed by atoms with Gasteiger partial charge in [-0.25, -0.2) is 0 Å². The lowest BCUT2D eigenvalue weighted by Crippen LogP contribution is -2.08. The van der Waals surface area contributed by atoms with Crippen LogP contribution in [0.5, 0.6) is 0 Å². The van der Waals surface area contributed by atoms with Gasteiger partial charge in [0.2, 0.25) is 0 Å². The second-order valence-corrected chi connectivity index (χ2v) is 4.27. The molecule has 3 nitrogen and oxygen atoms in total. The van der Waals surface area contributed by atoms with Crippen LogP contribution in [0.3, 0.4) is 0 Å². The number of aryl methyl sites for hydroxylation is 1. The third kappa shape index (κ3) is 2.45. The van der Waals surface area contributed by atoms with Gasteiger partial charge < -0.3 is 9.32 Å². The molecular weight excluding hydrogens is 226 g/mol. The standard InChI is InChI=1S/C15H17NO2/c1-4-12-5-7-13(8-6-12)16(3)15-10-9-14(18-15)11(2)17/h5-10H,4H2,1-3H3. The van der Waals surface area contributed by atoms with Gasteiger partial charge in [-0.3, -0.25) is 4.79 Å². The molecule has 0 aliphatic heterocycles. The van der Waals surface area contributed by atoms with Gasteiger partial charge in [-0.2, -0.15) is 0 Å². The highest BCUT2D eigenvalue weighted by Gasteiger charge is 2.11. The van der Waals surface area contributed by atoms with Crippen LogP contribution < -0.4 is 4.90 Å². The lowest BCUT2D eigenvalue weighted by atomic mass is 10.1. The van der Waals surface area contributed by atoms with Gasteiger partial charge in [-0.15, -0.1) is 0 Å². The summed E-state index contributed by atoms with van der Waals surface area (Å²) in [5.74, 6) is 1.00. The van der Waals surface area contributed by atoms with Crippen molar-refractivity contribution in [3.05, 3.63) is 47.7 Å².